The quantitative estimate of drug-likeness (QED) is 0.363. The van der Waals surface area contributed by atoms with E-state index in [0.29, 0.717) is 21.0 Å². The molecule has 6 aliphatic carbocycles. The van der Waals surface area contributed by atoms with E-state index in [1.54, 1.807) is 7.11 Å². The molecule has 0 N–H and O–H groups in total. The van der Waals surface area contributed by atoms with Crippen LogP contribution in [0.3, 0.4) is 0 Å². The Balaban J connectivity index is 1.51. The van der Waals surface area contributed by atoms with Crippen molar-refractivity contribution in [2.45, 2.75) is 86.1 Å². The summed E-state index contributed by atoms with van der Waals surface area (Å²) in [6.07, 6.45) is 17.1. The molecule has 6 aliphatic rings. The van der Waals surface area contributed by atoms with Crippen molar-refractivity contribution in [3.63, 3.8) is 0 Å². The number of ether oxygens (including phenoxy) is 2. The van der Waals surface area contributed by atoms with E-state index in [2.05, 4.69) is 22.6 Å². The zero-order valence-electron chi connectivity index (χ0n) is 13.4. The highest BCUT2D eigenvalue weighted by Gasteiger charge is 2.62. The van der Waals surface area contributed by atoms with Gasteiger partial charge in [-0.1, -0.05) is 22.6 Å². The highest BCUT2D eigenvalue weighted by Crippen LogP contribution is 2.70. The van der Waals surface area contributed by atoms with E-state index < -0.39 is 0 Å². The molecular weight excluding hydrogens is 375 g/mol. The van der Waals surface area contributed by atoms with Crippen LogP contribution in [-0.4, -0.2) is 22.9 Å². The van der Waals surface area contributed by atoms with Gasteiger partial charge in [-0.05, 0) is 87.9 Å². The number of hydrogen-bond acceptors (Lipinski definition) is 2. The lowest BCUT2D eigenvalue weighted by molar-refractivity contribution is -0.214. The van der Waals surface area contributed by atoms with Crippen LogP contribution in [-0.2, 0) is 9.47 Å². The molecule has 0 aliphatic heterocycles. The van der Waals surface area contributed by atoms with Crippen LogP contribution in [0.5, 0.6) is 0 Å². The van der Waals surface area contributed by atoms with Crippen molar-refractivity contribution in [1.29, 1.82) is 0 Å². The molecule has 0 saturated heterocycles. The molecule has 0 aromatic carbocycles. The Morgan fingerprint density at radius 1 is 0.714 bits per heavy atom. The molecule has 6 fully saturated rings. The van der Waals surface area contributed by atoms with Gasteiger partial charge in [0.25, 0.3) is 0 Å². The molecule has 0 aromatic rings. The molecule has 0 radical (unpaired) electrons. The first-order valence-corrected chi connectivity index (χ1v) is 9.95. The summed E-state index contributed by atoms with van der Waals surface area (Å²) in [5.74, 6) is 0. The fourth-order valence-corrected chi connectivity index (χ4v) is 7.09. The van der Waals surface area contributed by atoms with Gasteiger partial charge in [0.05, 0.1) is 5.60 Å². The van der Waals surface area contributed by atoms with Crippen LogP contribution >= 0.6 is 22.6 Å². The van der Waals surface area contributed by atoms with Crippen molar-refractivity contribution in [3.05, 3.63) is 0 Å². The fraction of sp³-hybridized carbons (Fsp3) is 1.00. The van der Waals surface area contributed by atoms with Crippen LogP contribution < -0.4 is 0 Å². The Labute approximate surface area is 142 Å². The average molecular weight is 404 g/mol. The second-order valence-electron chi connectivity index (χ2n) is 8.45. The molecule has 0 amide bonds. The standard InChI is InChI=1S/C18H29IO2/c1-20-14-21-18-11-5-16(6-12-18,7-13-18)15-2-8-17(19,9-3-15)10-4-15/h2-14H2,1H3. The lowest BCUT2D eigenvalue weighted by Crippen LogP contribution is -2.58. The van der Waals surface area contributed by atoms with E-state index in [0.717, 1.165) is 0 Å². The molecule has 0 spiro atoms. The third kappa shape index (κ3) is 2.24. The van der Waals surface area contributed by atoms with Gasteiger partial charge in [-0.2, -0.15) is 0 Å². The maximum atomic E-state index is 6.11. The molecule has 3 heteroatoms. The van der Waals surface area contributed by atoms with Gasteiger partial charge in [-0.15, -0.1) is 0 Å². The van der Waals surface area contributed by atoms with E-state index in [4.69, 9.17) is 9.47 Å². The maximum Gasteiger partial charge on any atom is 0.147 e. The van der Waals surface area contributed by atoms with E-state index in [1.165, 1.54) is 77.0 Å². The van der Waals surface area contributed by atoms with Gasteiger partial charge in [-0.25, -0.2) is 0 Å². The summed E-state index contributed by atoms with van der Waals surface area (Å²) in [7, 11) is 1.74. The number of rotatable bonds is 4. The van der Waals surface area contributed by atoms with Gasteiger partial charge in [0.2, 0.25) is 0 Å². The molecule has 0 heterocycles. The fourth-order valence-electron chi connectivity index (χ4n) is 6.28. The number of fused-ring (bicyclic) bond motifs is 6. The van der Waals surface area contributed by atoms with Crippen molar-refractivity contribution in [2.24, 2.45) is 10.8 Å². The van der Waals surface area contributed by atoms with Crippen LogP contribution in [0.2, 0.25) is 0 Å². The zero-order valence-corrected chi connectivity index (χ0v) is 15.5. The number of hydrogen-bond donors (Lipinski definition) is 0. The Morgan fingerprint density at radius 2 is 1.14 bits per heavy atom. The summed E-state index contributed by atoms with van der Waals surface area (Å²) in [6.45, 7) is 0.482. The summed E-state index contributed by atoms with van der Waals surface area (Å²) < 4.78 is 11.9. The Morgan fingerprint density at radius 3 is 1.57 bits per heavy atom. The lowest BCUT2D eigenvalue weighted by Gasteiger charge is -2.66. The van der Waals surface area contributed by atoms with E-state index >= 15 is 0 Å². The first kappa shape index (κ1) is 15.2. The van der Waals surface area contributed by atoms with E-state index in [-0.39, 0.29) is 5.60 Å². The summed E-state index contributed by atoms with van der Waals surface area (Å²) in [4.78, 5) is 0. The topological polar surface area (TPSA) is 18.5 Å². The molecule has 6 rings (SSSR count). The molecule has 0 aromatic heterocycles. The summed E-state index contributed by atoms with van der Waals surface area (Å²) in [5, 5.41) is 0. The third-order valence-electron chi connectivity index (χ3n) is 7.94. The van der Waals surface area contributed by atoms with Crippen LogP contribution in [0.15, 0.2) is 0 Å². The van der Waals surface area contributed by atoms with Crippen molar-refractivity contribution in [1.82, 2.24) is 0 Å². The lowest BCUT2D eigenvalue weighted by atomic mass is 9.42. The summed E-state index contributed by atoms with van der Waals surface area (Å²) in [5.41, 5.74) is 1.54. The van der Waals surface area contributed by atoms with Gasteiger partial charge in [0.15, 0.2) is 0 Å². The normalized spacial score (nSPS) is 52.3. The van der Waals surface area contributed by atoms with Crippen LogP contribution in [0, 0.1) is 10.8 Å². The number of methoxy groups -OCH3 is 1. The Kier molecular flexibility index (Phi) is 3.67. The smallest absolute Gasteiger partial charge is 0.147 e. The van der Waals surface area contributed by atoms with Gasteiger partial charge in [-0.3, -0.25) is 0 Å². The minimum absolute atomic E-state index is 0.171. The van der Waals surface area contributed by atoms with Crippen molar-refractivity contribution >= 4 is 22.6 Å². The van der Waals surface area contributed by atoms with Crippen molar-refractivity contribution in [3.8, 4) is 0 Å². The summed E-state index contributed by atoms with van der Waals surface area (Å²) >= 11 is 2.78. The van der Waals surface area contributed by atoms with Gasteiger partial charge in [0, 0.05) is 10.5 Å². The largest absolute Gasteiger partial charge is 0.359 e. The summed E-state index contributed by atoms with van der Waals surface area (Å²) in [6, 6.07) is 0. The minimum atomic E-state index is 0.171. The second kappa shape index (κ2) is 5.07. The highest BCUT2D eigenvalue weighted by atomic mass is 127. The van der Waals surface area contributed by atoms with Crippen LogP contribution in [0.25, 0.3) is 0 Å². The van der Waals surface area contributed by atoms with Gasteiger partial charge >= 0.3 is 0 Å². The molecule has 120 valence electrons. The molecule has 6 saturated carbocycles. The molecule has 0 atom stereocenters. The molecular formula is C18H29IO2. The number of alkyl halides is 1. The predicted octanol–water partition coefficient (Wildman–Crippen LogP) is 5.23. The molecule has 21 heavy (non-hydrogen) atoms. The predicted molar refractivity (Wildman–Crippen MR) is 92.7 cm³/mol. The first-order valence-electron chi connectivity index (χ1n) is 8.87. The van der Waals surface area contributed by atoms with E-state index in [1.807, 2.05) is 0 Å². The SMILES string of the molecule is COCOC12CCC(C34CCC(I)(CC3)CC4)(CC1)CC2. The average Bonchev–Trinajstić information content (AvgIpc) is 2.56. The van der Waals surface area contributed by atoms with E-state index in [9.17, 15) is 0 Å². The van der Waals surface area contributed by atoms with Crippen LogP contribution in [0.1, 0.15) is 77.0 Å². The Hall–Kier alpha value is 0.650. The number of halogens is 1. The monoisotopic (exact) mass is 404 g/mol. The second-order valence-corrected chi connectivity index (χ2v) is 10.7. The molecule has 0 unspecified atom stereocenters. The van der Waals surface area contributed by atoms with Crippen molar-refractivity contribution < 1.29 is 9.47 Å². The first-order chi connectivity index (χ1) is 10.1. The van der Waals surface area contributed by atoms with Crippen LogP contribution in [0.4, 0.5) is 0 Å². The van der Waals surface area contributed by atoms with Gasteiger partial charge in [0.1, 0.15) is 6.79 Å². The van der Waals surface area contributed by atoms with Crippen molar-refractivity contribution in [2.75, 3.05) is 13.9 Å². The zero-order chi connectivity index (χ0) is 14.6. The highest BCUT2D eigenvalue weighted by molar-refractivity contribution is 14.1. The third-order valence-corrected chi connectivity index (χ3v) is 9.56. The maximum absolute atomic E-state index is 6.11. The molecule has 4 bridgehead atoms. The molecule has 2 nitrogen and oxygen atoms in total. The Bertz CT molecular complexity index is 370. The van der Waals surface area contributed by atoms with Gasteiger partial charge < -0.3 is 9.47 Å². The minimum Gasteiger partial charge on any atom is -0.359 e.